The number of pyridine rings is 1. The van der Waals surface area contributed by atoms with Gasteiger partial charge in [0.15, 0.2) is 0 Å². The van der Waals surface area contributed by atoms with Crippen LogP contribution in [-0.4, -0.2) is 37.2 Å². The summed E-state index contributed by atoms with van der Waals surface area (Å²) in [6, 6.07) is 9.90. The number of aromatic nitrogens is 1. The van der Waals surface area contributed by atoms with Crippen molar-refractivity contribution in [2.75, 3.05) is 14.2 Å². The molecule has 0 spiro atoms. The molecule has 0 unspecified atom stereocenters. The van der Waals surface area contributed by atoms with E-state index in [1.807, 2.05) is 0 Å². The lowest BCUT2D eigenvalue weighted by atomic mass is 9.96. The smallest absolute Gasteiger partial charge is 0.389 e. The molecule has 4 aromatic rings. The minimum atomic E-state index is -4.50. The minimum absolute atomic E-state index is 0.0236. The normalized spacial score (nSPS) is 11.5. The fraction of sp³-hybridized carbons (Fsp3) is 0.192. The first-order valence-electron chi connectivity index (χ1n) is 10.9. The Bertz CT molecular complexity index is 1490. The Labute approximate surface area is 207 Å². The lowest BCUT2D eigenvalue weighted by molar-refractivity contribution is -0.134. The Kier molecular flexibility index (Phi) is 6.97. The number of aryl methyl sites for hydroxylation is 1. The summed E-state index contributed by atoms with van der Waals surface area (Å²) in [5.74, 6) is -2.92. The Morgan fingerprint density at radius 3 is 2.32 bits per heavy atom. The van der Waals surface area contributed by atoms with Crippen molar-refractivity contribution in [3.8, 4) is 22.5 Å². The highest BCUT2D eigenvalue weighted by atomic mass is 19.4. The van der Waals surface area contributed by atoms with Crippen molar-refractivity contribution < 1.29 is 40.7 Å². The van der Waals surface area contributed by atoms with E-state index in [0.29, 0.717) is 5.56 Å². The zero-order valence-corrected chi connectivity index (χ0v) is 19.5. The third kappa shape index (κ3) is 5.30. The lowest BCUT2D eigenvalue weighted by Gasteiger charge is -2.12. The molecule has 0 radical (unpaired) electrons. The second kappa shape index (κ2) is 10.00. The Balaban J connectivity index is 2.00. The molecular weight excluding hydrogens is 499 g/mol. The van der Waals surface area contributed by atoms with Crippen LogP contribution < -0.4 is 5.32 Å². The van der Waals surface area contributed by atoms with Crippen LogP contribution in [0.2, 0.25) is 0 Å². The van der Waals surface area contributed by atoms with Crippen LogP contribution in [0.5, 0.6) is 0 Å². The zero-order chi connectivity index (χ0) is 26.9. The van der Waals surface area contributed by atoms with Crippen molar-refractivity contribution in [1.82, 2.24) is 10.3 Å². The van der Waals surface area contributed by atoms with E-state index < -0.39 is 48.1 Å². The molecule has 1 amide bonds. The summed E-state index contributed by atoms with van der Waals surface area (Å²) < 4.78 is 77.4. The van der Waals surface area contributed by atoms with E-state index in [4.69, 9.17) is 4.42 Å². The van der Waals surface area contributed by atoms with Crippen molar-refractivity contribution in [2.24, 2.45) is 0 Å². The first-order valence-corrected chi connectivity index (χ1v) is 10.9. The molecule has 2 aromatic heterocycles. The van der Waals surface area contributed by atoms with Crippen LogP contribution in [0.4, 0.5) is 22.0 Å². The van der Waals surface area contributed by atoms with Gasteiger partial charge < -0.3 is 14.5 Å². The first kappa shape index (κ1) is 25.8. The van der Waals surface area contributed by atoms with Gasteiger partial charge in [-0.25, -0.2) is 18.6 Å². The van der Waals surface area contributed by atoms with Gasteiger partial charge in [-0.3, -0.25) is 4.79 Å². The maximum absolute atomic E-state index is 14.3. The summed E-state index contributed by atoms with van der Waals surface area (Å²) >= 11 is 0. The van der Waals surface area contributed by atoms with Gasteiger partial charge in [-0.15, -0.1) is 0 Å². The monoisotopic (exact) mass is 518 g/mol. The predicted octanol–water partition coefficient (Wildman–Crippen LogP) is 6.08. The highest BCUT2D eigenvalue weighted by Crippen LogP contribution is 2.37. The second-order valence-electron chi connectivity index (χ2n) is 8.03. The van der Waals surface area contributed by atoms with Crippen LogP contribution in [0.25, 0.3) is 33.6 Å². The number of nitrogens with one attached hydrogen (secondary N) is 1. The number of halogens is 5. The van der Waals surface area contributed by atoms with Gasteiger partial charge in [0.25, 0.3) is 5.91 Å². The van der Waals surface area contributed by atoms with Gasteiger partial charge in [0, 0.05) is 24.6 Å². The van der Waals surface area contributed by atoms with Crippen LogP contribution in [0.1, 0.15) is 32.8 Å². The molecule has 37 heavy (non-hydrogen) atoms. The van der Waals surface area contributed by atoms with Crippen molar-refractivity contribution in [3.63, 3.8) is 0 Å². The fourth-order valence-corrected chi connectivity index (χ4v) is 3.87. The number of hydrogen-bond donors (Lipinski definition) is 1. The second-order valence-corrected chi connectivity index (χ2v) is 8.03. The molecule has 11 heteroatoms. The average Bonchev–Trinajstić information content (AvgIpc) is 3.24. The molecule has 0 saturated heterocycles. The Hall–Kier alpha value is -4.28. The lowest BCUT2D eigenvalue weighted by Crippen LogP contribution is -2.18. The van der Waals surface area contributed by atoms with Crippen molar-refractivity contribution in [1.29, 1.82) is 0 Å². The first-order chi connectivity index (χ1) is 17.5. The molecule has 1 N–H and O–H groups in total. The van der Waals surface area contributed by atoms with E-state index in [0.717, 1.165) is 31.4 Å². The van der Waals surface area contributed by atoms with Gasteiger partial charge in [0.2, 0.25) is 5.71 Å². The van der Waals surface area contributed by atoms with Gasteiger partial charge in [0.1, 0.15) is 17.4 Å². The maximum atomic E-state index is 14.3. The number of benzene rings is 2. The van der Waals surface area contributed by atoms with Crippen LogP contribution in [0.15, 0.2) is 52.9 Å². The molecule has 2 heterocycles. The Morgan fingerprint density at radius 1 is 1.03 bits per heavy atom. The Morgan fingerprint density at radius 2 is 1.70 bits per heavy atom. The molecular formula is C26H19F5N2O4. The molecule has 0 saturated carbocycles. The molecule has 6 nitrogen and oxygen atoms in total. The number of nitrogens with zero attached hydrogens (tertiary/aromatic N) is 1. The molecule has 2 aromatic carbocycles. The number of alkyl halides is 3. The van der Waals surface area contributed by atoms with Gasteiger partial charge >= 0.3 is 12.1 Å². The SMILES string of the molecule is CNC(=O)c1c(-c2ccc(F)cc2)oc2nc(CCC(F)(F)F)c(-c3ccc(F)c(C(=O)OC)c3)cc12. The number of carbonyl (C=O) groups is 2. The molecule has 0 aliphatic rings. The molecule has 4 rings (SSSR count). The largest absolute Gasteiger partial charge is 0.465 e. The van der Waals surface area contributed by atoms with Gasteiger partial charge in [-0.1, -0.05) is 6.07 Å². The molecule has 0 aliphatic carbocycles. The highest BCUT2D eigenvalue weighted by molar-refractivity contribution is 6.11. The van der Waals surface area contributed by atoms with Gasteiger partial charge in [-0.05, 0) is 54.4 Å². The van der Waals surface area contributed by atoms with Crippen LogP contribution >= 0.6 is 0 Å². The van der Waals surface area contributed by atoms with E-state index in [2.05, 4.69) is 15.0 Å². The predicted molar refractivity (Wildman–Crippen MR) is 124 cm³/mol. The number of carbonyl (C=O) groups excluding carboxylic acids is 2. The topological polar surface area (TPSA) is 81.4 Å². The summed E-state index contributed by atoms with van der Waals surface area (Å²) in [4.78, 5) is 29.1. The average molecular weight is 518 g/mol. The zero-order valence-electron chi connectivity index (χ0n) is 19.5. The summed E-state index contributed by atoms with van der Waals surface area (Å²) in [6.07, 6.45) is -6.26. The summed E-state index contributed by atoms with van der Waals surface area (Å²) in [6.45, 7) is 0. The highest BCUT2D eigenvalue weighted by Gasteiger charge is 2.29. The molecule has 192 valence electrons. The fourth-order valence-electron chi connectivity index (χ4n) is 3.87. The van der Waals surface area contributed by atoms with Crippen molar-refractivity contribution in [2.45, 2.75) is 19.0 Å². The van der Waals surface area contributed by atoms with E-state index in [-0.39, 0.29) is 39.2 Å². The third-order valence-electron chi connectivity index (χ3n) is 5.65. The number of methoxy groups -OCH3 is 1. The number of ether oxygens (including phenoxy) is 1. The molecule has 0 atom stereocenters. The molecule has 0 aliphatic heterocycles. The minimum Gasteiger partial charge on any atom is -0.465 e. The number of esters is 1. The standard InChI is InChI=1S/C26H19F5N2O4/c1-32-23(34)21-18-12-16(14-5-8-19(28)17(11-14)25(35)36-2)20(9-10-26(29,30)31)33-24(18)37-22(21)13-3-6-15(27)7-4-13/h3-8,11-12H,9-10H2,1-2H3,(H,32,34). The summed E-state index contributed by atoms with van der Waals surface area (Å²) in [7, 11) is 2.44. The molecule has 0 bridgehead atoms. The number of rotatable bonds is 6. The van der Waals surface area contributed by atoms with Crippen molar-refractivity contribution >= 4 is 23.0 Å². The quantitative estimate of drug-likeness (QED) is 0.247. The van der Waals surface area contributed by atoms with Crippen LogP contribution in [-0.2, 0) is 11.2 Å². The third-order valence-corrected chi connectivity index (χ3v) is 5.65. The van der Waals surface area contributed by atoms with E-state index in [1.54, 1.807) is 0 Å². The van der Waals surface area contributed by atoms with Gasteiger partial charge in [0.05, 0.1) is 29.3 Å². The molecule has 0 fully saturated rings. The number of fused-ring (bicyclic) bond motifs is 1. The van der Waals surface area contributed by atoms with Crippen LogP contribution in [0.3, 0.4) is 0 Å². The summed E-state index contributed by atoms with van der Waals surface area (Å²) in [5, 5.41) is 2.64. The maximum Gasteiger partial charge on any atom is 0.389 e. The summed E-state index contributed by atoms with van der Waals surface area (Å²) in [5.41, 5.74) is 0.0952. The number of amides is 1. The van der Waals surface area contributed by atoms with E-state index >= 15 is 0 Å². The number of furan rings is 1. The van der Waals surface area contributed by atoms with Crippen molar-refractivity contribution in [3.05, 3.63) is 77.0 Å². The van der Waals surface area contributed by atoms with Crippen LogP contribution in [0, 0.1) is 11.6 Å². The van der Waals surface area contributed by atoms with Gasteiger partial charge in [-0.2, -0.15) is 13.2 Å². The number of hydrogen-bond acceptors (Lipinski definition) is 5. The van der Waals surface area contributed by atoms with E-state index in [1.165, 1.54) is 31.3 Å². The van der Waals surface area contributed by atoms with E-state index in [9.17, 15) is 31.5 Å².